The van der Waals surface area contributed by atoms with Crippen molar-refractivity contribution < 1.29 is 14.3 Å². The molecule has 0 aromatic heterocycles. The van der Waals surface area contributed by atoms with Crippen molar-refractivity contribution in [2.75, 3.05) is 12.9 Å². The highest BCUT2D eigenvalue weighted by molar-refractivity contribution is 9.10. The highest BCUT2D eigenvalue weighted by Gasteiger charge is 2.09. The minimum absolute atomic E-state index is 0.213. The van der Waals surface area contributed by atoms with Crippen LogP contribution in [0.1, 0.15) is 21.5 Å². The van der Waals surface area contributed by atoms with Gasteiger partial charge in [-0.1, -0.05) is 15.9 Å². The number of thioether (sulfide) groups is 1. The molecule has 132 valence electrons. The number of hydrogen-bond acceptors (Lipinski definition) is 4. The van der Waals surface area contributed by atoms with E-state index < -0.39 is 0 Å². The van der Waals surface area contributed by atoms with E-state index in [9.17, 15) is 9.59 Å². The van der Waals surface area contributed by atoms with Crippen LogP contribution in [0.4, 0.5) is 0 Å². The third kappa shape index (κ3) is 5.51. The van der Waals surface area contributed by atoms with Crippen LogP contribution in [-0.4, -0.2) is 24.7 Å². The van der Waals surface area contributed by atoms with Crippen LogP contribution >= 0.6 is 27.7 Å². The lowest BCUT2D eigenvalue weighted by molar-refractivity contribution is -0.119. The lowest BCUT2D eigenvalue weighted by Crippen LogP contribution is -2.42. The molecule has 0 atom stereocenters. The lowest BCUT2D eigenvalue weighted by Gasteiger charge is -2.10. The van der Waals surface area contributed by atoms with Crippen LogP contribution in [0.25, 0.3) is 0 Å². The maximum Gasteiger partial charge on any atom is 0.269 e. The minimum atomic E-state index is -0.378. The van der Waals surface area contributed by atoms with Crippen molar-refractivity contribution in [3.63, 3.8) is 0 Å². The van der Waals surface area contributed by atoms with Gasteiger partial charge in [-0.25, -0.2) is 0 Å². The van der Waals surface area contributed by atoms with E-state index in [0.717, 1.165) is 20.5 Å². The van der Waals surface area contributed by atoms with Crippen molar-refractivity contribution in [1.82, 2.24) is 10.9 Å². The monoisotopic (exact) mass is 422 g/mol. The van der Waals surface area contributed by atoms with E-state index in [4.69, 9.17) is 4.74 Å². The lowest BCUT2D eigenvalue weighted by atomic mass is 10.2. The summed E-state index contributed by atoms with van der Waals surface area (Å²) in [7, 11) is 1.56. The first kappa shape index (κ1) is 19.3. The molecule has 2 aromatic carbocycles. The maximum atomic E-state index is 12.0. The summed E-state index contributed by atoms with van der Waals surface area (Å²) in [5.74, 6) is 0.228. The molecule has 2 amide bonds. The Balaban J connectivity index is 1.84. The summed E-state index contributed by atoms with van der Waals surface area (Å²) < 4.78 is 6.09. The number of ether oxygens (including phenoxy) is 1. The van der Waals surface area contributed by atoms with Gasteiger partial charge >= 0.3 is 0 Å². The third-order valence-corrected chi connectivity index (χ3v) is 5.49. The summed E-state index contributed by atoms with van der Waals surface area (Å²) in [5.41, 5.74) is 7.48. The second kappa shape index (κ2) is 8.92. The molecule has 0 fully saturated rings. The second-order valence-electron chi connectivity index (χ2n) is 5.39. The zero-order chi connectivity index (χ0) is 18.4. The first-order chi connectivity index (χ1) is 11.9. The molecule has 0 saturated heterocycles. The van der Waals surface area contributed by atoms with Crippen molar-refractivity contribution in [2.45, 2.75) is 18.7 Å². The number of carbonyl (C=O) groups excluding carboxylic acids is 2. The Kier molecular flexibility index (Phi) is 6.90. The summed E-state index contributed by atoms with van der Waals surface area (Å²) in [6, 6.07) is 10.7. The summed E-state index contributed by atoms with van der Waals surface area (Å²) in [6.45, 7) is 4.00. The summed E-state index contributed by atoms with van der Waals surface area (Å²) >= 11 is 4.92. The largest absolute Gasteiger partial charge is 0.497 e. The van der Waals surface area contributed by atoms with E-state index in [1.165, 1.54) is 11.8 Å². The van der Waals surface area contributed by atoms with E-state index in [1.807, 2.05) is 26.0 Å². The quantitative estimate of drug-likeness (QED) is 0.570. The van der Waals surface area contributed by atoms with Crippen LogP contribution in [0.2, 0.25) is 0 Å². The van der Waals surface area contributed by atoms with Gasteiger partial charge in [-0.3, -0.25) is 20.4 Å². The molecule has 5 nitrogen and oxygen atoms in total. The Morgan fingerprint density at radius 1 is 1.08 bits per heavy atom. The number of carbonyl (C=O) groups is 2. The van der Waals surface area contributed by atoms with Gasteiger partial charge in [-0.15, -0.1) is 11.8 Å². The first-order valence-corrected chi connectivity index (χ1v) is 9.31. The molecule has 0 radical (unpaired) electrons. The molecular formula is C18H19BrN2O3S. The number of benzene rings is 2. The van der Waals surface area contributed by atoms with E-state index in [-0.39, 0.29) is 17.6 Å². The predicted molar refractivity (Wildman–Crippen MR) is 103 cm³/mol. The highest BCUT2D eigenvalue weighted by Crippen LogP contribution is 2.28. The third-order valence-electron chi connectivity index (χ3n) is 3.48. The SMILES string of the molecule is COc1ccc(C(=O)NNC(=O)CSc2cc(C)c(Br)cc2C)cc1. The van der Waals surface area contributed by atoms with Crippen LogP contribution in [0.15, 0.2) is 45.8 Å². The van der Waals surface area contributed by atoms with Crippen LogP contribution in [-0.2, 0) is 4.79 Å². The molecule has 2 N–H and O–H groups in total. The number of amides is 2. The predicted octanol–water partition coefficient (Wildman–Crippen LogP) is 3.63. The molecule has 0 bridgehead atoms. The number of rotatable bonds is 5. The molecule has 0 unspecified atom stereocenters. The Morgan fingerprint density at radius 3 is 2.40 bits per heavy atom. The Labute approximate surface area is 159 Å². The number of methoxy groups -OCH3 is 1. The van der Waals surface area contributed by atoms with Gasteiger partial charge in [0.1, 0.15) is 5.75 Å². The van der Waals surface area contributed by atoms with Gasteiger partial charge in [0.25, 0.3) is 5.91 Å². The molecule has 0 aliphatic carbocycles. The number of aryl methyl sites for hydroxylation is 2. The molecule has 2 aromatic rings. The standard InChI is InChI=1S/C18H19BrN2O3S/c1-11-9-16(12(2)8-15(11)19)25-10-17(22)20-21-18(23)13-4-6-14(24-3)7-5-13/h4-9H,10H2,1-3H3,(H,20,22)(H,21,23). The van der Waals surface area contributed by atoms with Gasteiger partial charge < -0.3 is 4.74 Å². The highest BCUT2D eigenvalue weighted by atomic mass is 79.9. The zero-order valence-electron chi connectivity index (χ0n) is 14.2. The van der Waals surface area contributed by atoms with E-state index in [2.05, 4.69) is 26.8 Å². The molecule has 2 rings (SSSR count). The number of hydrogen-bond donors (Lipinski definition) is 2. The van der Waals surface area contributed by atoms with Crippen LogP contribution in [0.5, 0.6) is 5.75 Å². The average Bonchev–Trinajstić information content (AvgIpc) is 2.61. The normalized spacial score (nSPS) is 10.2. The summed E-state index contributed by atoms with van der Waals surface area (Å²) in [4.78, 5) is 25.0. The van der Waals surface area contributed by atoms with E-state index >= 15 is 0 Å². The van der Waals surface area contributed by atoms with Gasteiger partial charge in [0.15, 0.2) is 0 Å². The molecule has 0 aliphatic rings. The van der Waals surface area contributed by atoms with Gasteiger partial charge in [-0.05, 0) is 61.4 Å². The van der Waals surface area contributed by atoms with Crippen molar-refractivity contribution in [3.05, 3.63) is 57.6 Å². The average molecular weight is 423 g/mol. The van der Waals surface area contributed by atoms with Crippen molar-refractivity contribution in [1.29, 1.82) is 0 Å². The Morgan fingerprint density at radius 2 is 1.76 bits per heavy atom. The molecule has 0 saturated carbocycles. The number of halogens is 1. The van der Waals surface area contributed by atoms with Crippen molar-refractivity contribution in [3.8, 4) is 5.75 Å². The first-order valence-electron chi connectivity index (χ1n) is 7.53. The fourth-order valence-corrected chi connectivity index (χ4v) is 3.39. The second-order valence-corrected chi connectivity index (χ2v) is 7.26. The van der Waals surface area contributed by atoms with Gasteiger partial charge in [-0.2, -0.15) is 0 Å². The van der Waals surface area contributed by atoms with Crippen LogP contribution < -0.4 is 15.6 Å². The minimum Gasteiger partial charge on any atom is -0.497 e. The van der Waals surface area contributed by atoms with Crippen molar-refractivity contribution >= 4 is 39.5 Å². The maximum absolute atomic E-state index is 12.0. The Hall–Kier alpha value is -1.99. The summed E-state index contributed by atoms with van der Waals surface area (Å²) in [5, 5.41) is 0. The molecule has 7 heteroatoms. The summed E-state index contributed by atoms with van der Waals surface area (Å²) in [6.07, 6.45) is 0. The van der Waals surface area contributed by atoms with Crippen LogP contribution in [0, 0.1) is 13.8 Å². The molecule has 0 spiro atoms. The number of hydrazine groups is 1. The van der Waals surface area contributed by atoms with Gasteiger partial charge in [0.05, 0.1) is 12.9 Å². The van der Waals surface area contributed by atoms with Crippen LogP contribution in [0.3, 0.4) is 0 Å². The van der Waals surface area contributed by atoms with Crippen molar-refractivity contribution in [2.24, 2.45) is 0 Å². The topological polar surface area (TPSA) is 67.4 Å². The zero-order valence-corrected chi connectivity index (χ0v) is 16.6. The van der Waals surface area contributed by atoms with E-state index in [0.29, 0.717) is 11.3 Å². The Bertz CT molecular complexity index is 779. The molecule has 25 heavy (non-hydrogen) atoms. The smallest absolute Gasteiger partial charge is 0.269 e. The fourth-order valence-electron chi connectivity index (χ4n) is 2.03. The van der Waals surface area contributed by atoms with Gasteiger partial charge in [0.2, 0.25) is 5.91 Å². The van der Waals surface area contributed by atoms with E-state index in [1.54, 1.807) is 31.4 Å². The molecule has 0 heterocycles. The number of nitrogens with one attached hydrogen (secondary N) is 2. The molecular weight excluding hydrogens is 404 g/mol. The fraction of sp³-hybridized carbons (Fsp3) is 0.222. The van der Waals surface area contributed by atoms with Gasteiger partial charge in [0, 0.05) is 14.9 Å². The molecule has 0 aliphatic heterocycles.